The predicted octanol–water partition coefficient (Wildman–Crippen LogP) is 1.78. The van der Waals surface area contributed by atoms with Crippen LogP contribution in [0.1, 0.15) is 18.4 Å². The largest absolute Gasteiger partial charge is 0.490 e. The maximum Gasteiger partial charge on any atom is 0.206 e. The molecule has 4 rings (SSSR count). The lowest BCUT2D eigenvalue weighted by Gasteiger charge is -2.33. The minimum atomic E-state index is 0.635. The summed E-state index contributed by atoms with van der Waals surface area (Å²) >= 11 is 0. The molecule has 0 spiro atoms. The van der Waals surface area contributed by atoms with E-state index in [9.17, 15) is 0 Å². The fourth-order valence-electron chi connectivity index (χ4n) is 2.80. The number of hydrogen-bond acceptors (Lipinski definition) is 5. The van der Waals surface area contributed by atoms with E-state index in [4.69, 9.17) is 4.74 Å². The third kappa shape index (κ3) is 2.01. The highest BCUT2D eigenvalue weighted by Crippen LogP contribution is 2.42. The van der Waals surface area contributed by atoms with Gasteiger partial charge in [-0.2, -0.15) is 5.21 Å². The number of ether oxygens (including phenoxy) is 1. The summed E-state index contributed by atoms with van der Waals surface area (Å²) in [5, 5.41) is 14.5. The van der Waals surface area contributed by atoms with E-state index in [1.807, 2.05) is 0 Å². The van der Waals surface area contributed by atoms with E-state index in [0.29, 0.717) is 5.82 Å². The number of rotatable bonds is 3. The van der Waals surface area contributed by atoms with Crippen LogP contribution in [0.15, 0.2) is 12.1 Å². The number of anilines is 1. The Balaban J connectivity index is 1.83. The molecule has 0 saturated heterocycles. The van der Waals surface area contributed by atoms with E-state index in [-0.39, 0.29) is 0 Å². The molecule has 1 saturated carbocycles. The lowest BCUT2D eigenvalue weighted by molar-refractivity contribution is 0.306. The molecule has 1 aromatic carbocycles. The number of fused-ring (bicyclic) bond motifs is 1. The zero-order valence-electron chi connectivity index (χ0n) is 11.5. The summed E-state index contributed by atoms with van der Waals surface area (Å²) < 4.78 is 5.85. The third-order valence-electron chi connectivity index (χ3n) is 3.92. The summed E-state index contributed by atoms with van der Waals surface area (Å²) in [5.74, 6) is 2.41. The van der Waals surface area contributed by atoms with Gasteiger partial charge in [-0.1, -0.05) is 0 Å². The molecule has 6 heteroatoms. The molecule has 1 aliphatic carbocycles. The molecule has 2 aromatic rings. The standard InChI is InChI=1S/C14H17N5O/c1-9-6-11(14-15-17-18-16-14)13-12(7-9)20-5-4-19(13)8-10-2-3-10/h6-7,10H,2-5,8H2,1H3,(H,15,16,17,18). The Morgan fingerprint density at radius 1 is 1.40 bits per heavy atom. The Morgan fingerprint density at radius 3 is 3.05 bits per heavy atom. The van der Waals surface area contributed by atoms with Gasteiger partial charge in [0, 0.05) is 6.54 Å². The van der Waals surface area contributed by atoms with Gasteiger partial charge in [0.05, 0.1) is 17.8 Å². The first kappa shape index (κ1) is 11.7. The second kappa shape index (κ2) is 4.47. The second-order valence-corrected chi connectivity index (χ2v) is 5.63. The monoisotopic (exact) mass is 271 g/mol. The number of aromatic nitrogens is 4. The van der Waals surface area contributed by atoms with Crippen molar-refractivity contribution in [2.75, 3.05) is 24.6 Å². The van der Waals surface area contributed by atoms with Gasteiger partial charge in [0.2, 0.25) is 5.82 Å². The maximum atomic E-state index is 5.85. The molecule has 1 aromatic heterocycles. The number of nitrogens with one attached hydrogen (secondary N) is 1. The third-order valence-corrected chi connectivity index (χ3v) is 3.92. The van der Waals surface area contributed by atoms with Gasteiger partial charge in [-0.05, 0) is 48.6 Å². The molecule has 0 radical (unpaired) electrons. The number of aryl methyl sites for hydroxylation is 1. The minimum Gasteiger partial charge on any atom is -0.490 e. The van der Waals surface area contributed by atoms with Crippen molar-refractivity contribution in [2.45, 2.75) is 19.8 Å². The average Bonchev–Trinajstić information content (AvgIpc) is 3.08. The SMILES string of the molecule is Cc1cc2c(c(-c3nn[nH]n3)c1)N(CC1CC1)CCO2. The quantitative estimate of drug-likeness (QED) is 0.921. The van der Waals surface area contributed by atoms with Gasteiger partial charge >= 0.3 is 0 Å². The molecule has 20 heavy (non-hydrogen) atoms. The van der Waals surface area contributed by atoms with Crippen LogP contribution >= 0.6 is 0 Å². The van der Waals surface area contributed by atoms with E-state index in [1.165, 1.54) is 12.8 Å². The van der Waals surface area contributed by atoms with Gasteiger partial charge in [0.25, 0.3) is 0 Å². The van der Waals surface area contributed by atoms with Crippen molar-refractivity contribution < 1.29 is 4.74 Å². The summed E-state index contributed by atoms with van der Waals surface area (Å²) in [5.41, 5.74) is 3.28. The molecule has 0 amide bonds. The molecule has 0 atom stereocenters. The summed E-state index contributed by atoms with van der Waals surface area (Å²) in [6.45, 7) is 4.84. The minimum absolute atomic E-state index is 0.635. The zero-order chi connectivity index (χ0) is 13.5. The van der Waals surface area contributed by atoms with Crippen LogP contribution in [0.5, 0.6) is 5.75 Å². The molecule has 0 unspecified atom stereocenters. The first-order valence-corrected chi connectivity index (χ1v) is 7.07. The highest BCUT2D eigenvalue weighted by molar-refractivity contribution is 5.81. The number of tetrazole rings is 1. The summed E-state index contributed by atoms with van der Waals surface area (Å²) in [4.78, 5) is 2.42. The van der Waals surface area contributed by atoms with Crippen LogP contribution in [-0.4, -0.2) is 40.3 Å². The first-order chi connectivity index (χ1) is 9.81. The fraction of sp³-hybridized carbons (Fsp3) is 0.500. The van der Waals surface area contributed by atoms with Crippen molar-refractivity contribution in [2.24, 2.45) is 5.92 Å². The normalized spacial score (nSPS) is 17.8. The number of H-pyrrole nitrogens is 1. The molecule has 1 aliphatic heterocycles. The highest BCUT2D eigenvalue weighted by Gasteiger charge is 2.30. The summed E-state index contributed by atoms with van der Waals surface area (Å²) in [7, 11) is 0. The van der Waals surface area contributed by atoms with Crippen LogP contribution < -0.4 is 9.64 Å². The lowest BCUT2D eigenvalue weighted by atomic mass is 10.0. The Morgan fingerprint density at radius 2 is 2.30 bits per heavy atom. The van der Waals surface area contributed by atoms with Gasteiger partial charge in [0.15, 0.2) is 0 Å². The van der Waals surface area contributed by atoms with Crippen molar-refractivity contribution in [3.05, 3.63) is 17.7 Å². The average molecular weight is 271 g/mol. The van der Waals surface area contributed by atoms with Crippen molar-refractivity contribution in [3.63, 3.8) is 0 Å². The maximum absolute atomic E-state index is 5.85. The topological polar surface area (TPSA) is 66.9 Å². The summed E-state index contributed by atoms with van der Waals surface area (Å²) in [6.07, 6.45) is 2.69. The summed E-state index contributed by atoms with van der Waals surface area (Å²) in [6, 6.07) is 4.20. The number of hydrogen-bond donors (Lipinski definition) is 1. The molecule has 104 valence electrons. The van der Waals surface area contributed by atoms with Crippen molar-refractivity contribution in [1.82, 2.24) is 20.6 Å². The van der Waals surface area contributed by atoms with Crippen molar-refractivity contribution in [3.8, 4) is 17.1 Å². The fourth-order valence-corrected chi connectivity index (χ4v) is 2.80. The smallest absolute Gasteiger partial charge is 0.206 e. The van der Waals surface area contributed by atoms with Crippen LogP contribution in [0.3, 0.4) is 0 Å². The second-order valence-electron chi connectivity index (χ2n) is 5.63. The van der Waals surface area contributed by atoms with Gasteiger partial charge in [-0.25, -0.2) is 0 Å². The molecule has 2 heterocycles. The van der Waals surface area contributed by atoms with Crippen LogP contribution in [0.25, 0.3) is 11.4 Å². The molecule has 1 fully saturated rings. The van der Waals surface area contributed by atoms with Crippen LogP contribution in [0.2, 0.25) is 0 Å². The molecular weight excluding hydrogens is 254 g/mol. The van der Waals surface area contributed by atoms with E-state index < -0.39 is 0 Å². The number of aromatic amines is 1. The van der Waals surface area contributed by atoms with Crippen molar-refractivity contribution >= 4 is 5.69 Å². The van der Waals surface area contributed by atoms with E-state index >= 15 is 0 Å². The van der Waals surface area contributed by atoms with Crippen LogP contribution in [0.4, 0.5) is 5.69 Å². The Kier molecular flexibility index (Phi) is 2.61. The van der Waals surface area contributed by atoms with Crippen LogP contribution in [-0.2, 0) is 0 Å². The molecule has 1 N–H and O–H groups in total. The molecular formula is C14H17N5O. The Labute approximate surface area is 117 Å². The molecule has 6 nitrogen and oxygen atoms in total. The van der Waals surface area contributed by atoms with Gasteiger partial charge in [-0.3, -0.25) is 0 Å². The molecule has 2 aliphatic rings. The number of nitrogens with zero attached hydrogens (tertiary/aromatic N) is 4. The number of benzene rings is 1. The Hall–Kier alpha value is -2.11. The van der Waals surface area contributed by atoms with E-state index in [1.54, 1.807) is 0 Å². The van der Waals surface area contributed by atoms with Gasteiger partial charge < -0.3 is 9.64 Å². The molecule has 0 bridgehead atoms. The highest BCUT2D eigenvalue weighted by atomic mass is 16.5. The van der Waals surface area contributed by atoms with E-state index in [0.717, 1.165) is 48.2 Å². The Bertz CT molecular complexity index is 621. The van der Waals surface area contributed by atoms with E-state index in [2.05, 4.69) is 44.6 Å². The van der Waals surface area contributed by atoms with Gasteiger partial charge in [0.1, 0.15) is 12.4 Å². The van der Waals surface area contributed by atoms with Crippen LogP contribution in [0, 0.1) is 12.8 Å². The van der Waals surface area contributed by atoms with Gasteiger partial charge in [-0.15, -0.1) is 10.2 Å². The lowest BCUT2D eigenvalue weighted by Crippen LogP contribution is -2.34. The zero-order valence-corrected chi connectivity index (χ0v) is 11.5. The van der Waals surface area contributed by atoms with Crippen molar-refractivity contribution in [1.29, 1.82) is 0 Å². The predicted molar refractivity (Wildman–Crippen MR) is 74.8 cm³/mol. The first-order valence-electron chi connectivity index (χ1n) is 7.07.